The molecule has 5 aromatic rings. The van der Waals surface area contributed by atoms with Crippen LogP contribution >= 0.6 is 0 Å². The number of anilines is 3. The van der Waals surface area contributed by atoms with Gasteiger partial charge in [0.25, 0.3) is 6.71 Å². The minimum Gasteiger partial charge on any atom is -0.458 e. The minimum atomic E-state index is -1.87. The van der Waals surface area contributed by atoms with Crippen LogP contribution in [0.1, 0.15) is 7.43 Å². The highest BCUT2D eigenvalue weighted by Gasteiger charge is 2.47. The Hall–Kier alpha value is -4.42. The summed E-state index contributed by atoms with van der Waals surface area (Å²) in [4.78, 5) is 2.38. The average Bonchev–Trinajstić information content (AvgIpc) is 2.93. The predicted molar refractivity (Wildman–Crippen MR) is 162 cm³/mol. The van der Waals surface area contributed by atoms with Crippen LogP contribution in [0, 0.1) is 0 Å². The van der Waals surface area contributed by atoms with E-state index in [1.165, 1.54) is 21.7 Å². The van der Waals surface area contributed by atoms with E-state index in [1.807, 2.05) is 36.4 Å². The first-order valence-corrected chi connectivity index (χ1v) is 16.1. The molecule has 4 aliphatic rings. The standard InChI is InChI=1S/C32H22BNO3Si.CH4/c1-38(2)28-15-5-3-9-20(28)34(21-10-4-6-16-29(21)38)19-17-26-32-27(18-19)37-25-14-8-12-23-31(25)33(32)30-22(35-23)11-7-13-24(30)36-26;/h3-18H,1-2H3;1H4. The van der Waals surface area contributed by atoms with E-state index in [9.17, 15) is 0 Å². The zero-order valence-electron chi connectivity index (χ0n) is 21.0. The van der Waals surface area contributed by atoms with Gasteiger partial charge in [-0.1, -0.05) is 69.1 Å². The van der Waals surface area contributed by atoms with Crippen LogP contribution in [0.5, 0.6) is 34.5 Å². The summed E-state index contributed by atoms with van der Waals surface area (Å²) in [5, 5.41) is 2.86. The highest BCUT2D eigenvalue weighted by molar-refractivity contribution is 7.03. The molecule has 0 bridgehead atoms. The predicted octanol–water partition coefficient (Wildman–Crippen LogP) is 5.76. The molecule has 0 unspecified atom stereocenters. The van der Waals surface area contributed by atoms with Gasteiger partial charge in [-0.15, -0.1) is 0 Å². The second-order valence-electron chi connectivity index (χ2n) is 10.9. The molecule has 4 aliphatic heterocycles. The third-order valence-electron chi connectivity index (χ3n) is 8.56. The second kappa shape index (κ2) is 7.58. The molecule has 9 rings (SSSR count). The summed E-state index contributed by atoms with van der Waals surface area (Å²) in [7, 11) is -1.87. The first kappa shape index (κ1) is 22.6. The van der Waals surface area contributed by atoms with Crippen molar-refractivity contribution in [2.45, 2.75) is 20.5 Å². The van der Waals surface area contributed by atoms with E-state index in [4.69, 9.17) is 14.2 Å². The Morgan fingerprint density at radius 2 is 0.949 bits per heavy atom. The van der Waals surface area contributed by atoms with Crippen LogP contribution in [0.25, 0.3) is 0 Å². The Kier molecular flexibility index (Phi) is 4.38. The number of fused-ring (bicyclic) bond motifs is 2. The van der Waals surface area contributed by atoms with E-state index in [0.717, 1.165) is 56.6 Å². The van der Waals surface area contributed by atoms with Crippen molar-refractivity contribution >= 4 is 58.6 Å². The Balaban J connectivity index is 0.00000235. The van der Waals surface area contributed by atoms with E-state index in [2.05, 4.69) is 78.7 Å². The summed E-state index contributed by atoms with van der Waals surface area (Å²) in [5.41, 5.74) is 6.74. The van der Waals surface area contributed by atoms with Gasteiger partial charge in [-0.25, -0.2) is 0 Å². The van der Waals surface area contributed by atoms with Crippen LogP contribution in [0.2, 0.25) is 13.1 Å². The highest BCUT2D eigenvalue weighted by atomic mass is 28.3. The molecular weight excluding hydrogens is 497 g/mol. The Labute approximate surface area is 229 Å². The van der Waals surface area contributed by atoms with Gasteiger partial charge in [0, 0.05) is 39.9 Å². The molecule has 6 heteroatoms. The van der Waals surface area contributed by atoms with Crippen LogP contribution in [-0.2, 0) is 0 Å². The minimum absolute atomic E-state index is 0. The van der Waals surface area contributed by atoms with Crippen molar-refractivity contribution in [1.82, 2.24) is 0 Å². The third-order valence-corrected chi connectivity index (χ3v) is 12.1. The lowest BCUT2D eigenvalue weighted by Gasteiger charge is -2.42. The van der Waals surface area contributed by atoms with Crippen LogP contribution in [0.3, 0.4) is 0 Å². The van der Waals surface area contributed by atoms with Gasteiger partial charge in [0.2, 0.25) is 0 Å². The van der Waals surface area contributed by atoms with Gasteiger partial charge >= 0.3 is 0 Å². The molecule has 0 fully saturated rings. The first-order valence-electron chi connectivity index (χ1n) is 13.1. The summed E-state index contributed by atoms with van der Waals surface area (Å²) >= 11 is 0. The summed E-state index contributed by atoms with van der Waals surface area (Å²) in [6.45, 7) is 4.91. The monoisotopic (exact) mass is 523 g/mol. The van der Waals surface area contributed by atoms with Crippen molar-refractivity contribution in [3.63, 3.8) is 0 Å². The maximum absolute atomic E-state index is 6.62. The van der Waals surface area contributed by atoms with Crippen molar-refractivity contribution in [3.05, 3.63) is 97.1 Å². The van der Waals surface area contributed by atoms with E-state index in [-0.39, 0.29) is 14.1 Å². The lowest BCUT2D eigenvalue weighted by molar-refractivity contribution is 0.443. The fourth-order valence-corrected chi connectivity index (χ4v) is 9.87. The second-order valence-corrected chi connectivity index (χ2v) is 15.3. The molecule has 4 heterocycles. The van der Waals surface area contributed by atoms with Crippen molar-refractivity contribution in [2.24, 2.45) is 0 Å². The van der Waals surface area contributed by atoms with Crippen molar-refractivity contribution < 1.29 is 14.2 Å². The van der Waals surface area contributed by atoms with Gasteiger partial charge in [0.05, 0.1) is 5.69 Å². The maximum atomic E-state index is 6.62. The molecule has 5 aromatic carbocycles. The number of hydrogen-bond acceptors (Lipinski definition) is 4. The quantitative estimate of drug-likeness (QED) is 0.256. The number of hydrogen-bond donors (Lipinski definition) is 0. The number of ether oxygens (including phenoxy) is 3. The van der Waals surface area contributed by atoms with Crippen LogP contribution in [0.15, 0.2) is 97.1 Å². The van der Waals surface area contributed by atoms with Gasteiger partial charge in [-0.05, 0) is 46.8 Å². The fourth-order valence-electron chi connectivity index (χ4n) is 6.88. The van der Waals surface area contributed by atoms with Crippen LogP contribution in [0.4, 0.5) is 17.1 Å². The number of para-hydroxylation sites is 2. The molecular formula is C33H26BNO3Si. The lowest BCUT2D eigenvalue weighted by Crippen LogP contribution is -2.60. The zero-order valence-corrected chi connectivity index (χ0v) is 22.0. The molecule has 0 saturated heterocycles. The van der Waals surface area contributed by atoms with Gasteiger partial charge in [0.1, 0.15) is 42.6 Å². The molecule has 0 amide bonds. The normalized spacial score (nSPS) is 15.4. The molecule has 188 valence electrons. The summed E-state index contributed by atoms with van der Waals surface area (Å²) in [6.07, 6.45) is 0. The van der Waals surface area contributed by atoms with E-state index in [0.29, 0.717) is 0 Å². The third kappa shape index (κ3) is 2.79. The number of rotatable bonds is 1. The summed E-state index contributed by atoms with van der Waals surface area (Å²) in [5.74, 6) is 5.08. The van der Waals surface area contributed by atoms with Crippen LogP contribution < -0.4 is 45.9 Å². The van der Waals surface area contributed by atoms with Crippen LogP contribution in [-0.4, -0.2) is 14.8 Å². The molecule has 4 nitrogen and oxygen atoms in total. The molecule has 0 spiro atoms. The SMILES string of the molecule is C.C[Si]1(C)c2ccccc2N(c2cc3c4c(c2)Oc2cccc5c2B4c2c(cccc2O3)O5)c2ccccc21. The van der Waals surface area contributed by atoms with E-state index >= 15 is 0 Å². The lowest BCUT2D eigenvalue weighted by atomic mass is 9.34. The topological polar surface area (TPSA) is 30.9 Å². The Bertz CT molecular complexity index is 1740. The maximum Gasteiger partial charge on any atom is 0.270 e. The zero-order chi connectivity index (χ0) is 25.2. The largest absolute Gasteiger partial charge is 0.458 e. The highest BCUT2D eigenvalue weighted by Crippen LogP contribution is 2.46. The number of nitrogens with zero attached hydrogens (tertiary/aromatic N) is 1. The molecule has 0 saturated carbocycles. The van der Waals surface area contributed by atoms with Gasteiger partial charge < -0.3 is 19.1 Å². The number of benzene rings is 5. The summed E-state index contributed by atoms with van der Waals surface area (Å²) < 4.78 is 19.5. The van der Waals surface area contributed by atoms with E-state index < -0.39 is 8.07 Å². The Morgan fingerprint density at radius 3 is 1.44 bits per heavy atom. The van der Waals surface area contributed by atoms with E-state index in [1.54, 1.807) is 0 Å². The molecule has 39 heavy (non-hydrogen) atoms. The van der Waals surface area contributed by atoms with Crippen molar-refractivity contribution in [2.75, 3.05) is 4.90 Å². The average molecular weight is 523 g/mol. The molecule has 0 radical (unpaired) electrons. The fraction of sp³-hybridized carbons (Fsp3) is 0.0909. The molecule has 0 N–H and O–H groups in total. The molecule has 0 atom stereocenters. The first-order chi connectivity index (χ1) is 18.6. The molecule has 0 aromatic heterocycles. The van der Waals surface area contributed by atoms with Crippen molar-refractivity contribution in [1.29, 1.82) is 0 Å². The van der Waals surface area contributed by atoms with Crippen molar-refractivity contribution in [3.8, 4) is 34.5 Å². The van der Waals surface area contributed by atoms with Gasteiger partial charge in [-0.3, -0.25) is 0 Å². The van der Waals surface area contributed by atoms with Gasteiger partial charge in [-0.2, -0.15) is 0 Å². The van der Waals surface area contributed by atoms with Gasteiger partial charge in [0.15, 0.2) is 0 Å². The Morgan fingerprint density at radius 1 is 0.538 bits per heavy atom. The summed E-state index contributed by atoms with van der Waals surface area (Å²) in [6, 6.07) is 34.2. The molecule has 0 aliphatic carbocycles. The smallest absolute Gasteiger partial charge is 0.270 e.